The van der Waals surface area contributed by atoms with Crippen LogP contribution in [-0.2, 0) is 6.54 Å². The lowest BCUT2D eigenvalue weighted by Crippen LogP contribution is -1.98. The van der Waals surface area contributed by atoms with Gasteiger partial charge in [0.05, 0.1) is 10.6 Å². The number of nitro groups is 1. The molecule has 0 aliphatic rings. The van der Waals surface area contributed by atoms with Crippen molar-refractivity contribution in [3.8, 4) is 0 Å². The third-order valence-corrected chi connectivity index (χ3v) is 3.12. The van der Waals surface area contributed by atoms with Gasteiger partial charge >= 0.3 is 5.00 Å². The number of aryl methyl sites for hydroxylation is 1. The summed E-state index contributed by atoms with van der Waals surface area (Å²) in [6, 6.07) is 3.56. The van der Waals surface area contributed by atoms with Gasteiger partial charge in [0.2, 0.25) is 0 Å². The summed E-state index contributed by atoms with van der Waals surface area (Å²) < 4.78 is 0. The van der Waals surface area contributed by atoms with E-state index in [2.05, 4.69) is 10.3 Å². The van der Waals surface area contributed by atoms with Gasteiger partial charge in [-0.15, -0.1) is 0 Å². The van der Waals surface area contributed by atoms with E-state index < -0.39 is 0 Å². The van der Waals surface area contributed by atoms with Crippen molar-refractivity contribution in [1.82, 2.24) is 4.98 Å². The number of thiophene rings is 1. The molecular formula is C11H11N3O2S. The highest BCUT2D eigenvalue weighted by atomic mass is 32.1. The van der Waals surface area contributed by atoms with Crippen molar-refractivity contribution >= 4 is 22.0 Å². The molecule has 88 valence electrons. The third kappa shape index (κ3) is 3.01. The molecule has 2 aromatic heterocycles. The Bertz CT molecular complexity index is 539. The summed E-state index contributed by atoms with van der Waals surface area (Å²) in [6.45, 7) is 2.53. The quantitative estimate of drug-likeness (QED) is 0.668. The minimum Gasteiger partial charge on any atom is -0.380 e. The Balaban J connectivity index is 2.00. The molecule has 0 saturated carbocycles. The van der Waals surface area contributed by atoms with Crippen LogP contribution in [0.5, 0.6) is 0 Å². The van der Waals surface area contributed by atoms with Crippen LogP contribution in [0.15, 0.2) is 29.9 Å². The number of nitrogens with one attached hydrogen (secondary N) is 1. The van der Waals surface area contributed by atoms with Crippen LogP contribution in [-0.4, -0.2) is 9.91 Å². The van der Waals surface area contributed by atoms with E-state index in [9.17, 15) is 10.1 Å². The van der Waals surface area contributed by atoms with Crippen LogP contribution in [0.3, 0.4) is 0 Å². The number of hydrogen-bond acceptors (Lipinski definition) is 5. The van der Waals surface area contributed by atoms with Crippen molar-refractivity contribution in [3.05, 3.63) is 51.1 Å². The second-order valence-corrected chi connectivity index (χ2v) is 4.54. The first-order valence-corrected chi connectivity index (χ1v) is 5.90. The van der Waals surface area contributed by atoms with Gasteiger partial charge in [-0.1, -0.05) is 11.3 Å². The van der Waals surface area contributed by atoms with Crippen LogP contribution in [0.4, 0.5) is 10.7 Å². The van der Waals surface area contributed by atoms with Crippen molar-refractivity contribution in [2.75, 3.05) is 5.32 Å². The number of rotatable bonds is 4. The van der Waals surface area contributed by atoms with Crippen LogP contribution >= 0.6 is 11.3 Å². The molecule has 0 atom stereocenters. The van der Waals surface area contributed by atoms with E-state index >= 15 is 0 Å². The molecule has 0 bridgehead atoms. The lowest BCUT2D eigenvalue weighted by molar-refractivity contribution is -0.380. The molecule has 0 amide bonds. The number of pyridine rings is 1. The average molecular weight is 249 g/mol. The first kappa shape index (κ1) is 11.5. The predicted octanol–water partition coefficient (Wildman–Crippen LogP) is 2.97. The Kier molecular flexibility index (Phi) is 3.34. The van der Waals surface area contributed by atoms with Gasteiger partial charge < -0.3 is 5.32 Å². The Morgan fingerprint density at radius 1 is 1.47 bits per heavy atom. The molecule has 0 saturated heterocycles. The number of anilines is 1. The van der Waals surface area contributed by atoms with Gasteiger partial charge in [0.25, 0.3) is 0 Å². The Morgan fingerprint density at radius 2 is 2.29 bits per heavy atom. The molecule has 2 aromatic rings. The predicted molar refractivity (Wildman–Crippen MR) is 67.3 cm³/mol. The standard InChI is InChI=1S/C11H11N3O2S/c1-8-2-10(6-12-4-8)13-5-9-3-11(14(15)16)17-7-9/h2-4,6-7,13H,5H2,1H3. The van der Waals surface area contributed by atoms with Gasteiger partial charge in [-0.05, 0) is 24.1 Å². The summed E-state index contributed by atoms with van der Waals surface area (Å²) in [4.78, 5) is 14.2. The minimum absolute atomic E-state index is 0.171. The number of nitrogens with zero attached hydrogens (tertiary/aromatic N) is 2. The molecule has 17 heavy (non-hydrogen) atoms. The molecule has 0 spiro atoms. The Hall–Kier alpha value is -1.95. The zero-order chi connectivity index (χ0) is 12.3. The van der Waals surface area contributed by atoms with E-state index in [-0.39, 0.29) is 9.92 Å². The molecule has 0 fully saturated rings. The molecular weight excluding hydrogens is 238 g/mol. The first-order chi connectivity index (χ1) is 8.15. The van der Waals surface area contributed by atoms with Crippen LogP contribution in [0.2, 0.25) is 0 Å². The molecule has 5 nitrogen and oxygen atoms in total. The maximum Gasteiger partial charge on any atom is 0.324 e. The monoisotopic (exact) mass is 249 g/mol. The van der Waals surface area contributed by atoms with E-state index in [0.717, 1.165) is 28.2 Å². The van der Waals surface area contributed by atoms with Crippen molar-refractivity contribution in [2.24, 2.45) is 0 Å². The molecule has 0 radical (unpaired) electrons. The van der Waals surface area contributed by atoms with Crippen molar-refractivity contribution < 1.29 is 4.92 Å². The van der Waals surface area contributed by atoms with Crippen LogP contribution < -0.4 is 5.32 Å². The van der Waals surface area contributed by atoms with Crippen LogP contribution in [0.1, 0.15) is 11.1 Å². The van der Waals surface area contributed by atoms with E-state index in [0.29, 0.717) is 6.54 Å². The lowest BCUT2D eigenvalue weighted by atomic mass is 10.3. The van der Waals surface area contributed by atoms with Gasteiger partial charge in [-0.25, -0.2) is 0 Å². The van der Waals surface area contributed by atoms with E-state index in [1.165, 1.54) is 0 Å². The van der Waals surface area contributed by atoms with E-state index in [1.807, 2.05) is 13.0 Å². The molecule has 0 aliphatic heterocycles. The van der Waals surface area contributed by atoms with Gasteiger partial charge in [0.1, 0.15) is 0 Å². The molecule has 2 rings (SSSR count). The lowest BCUT2D eigenvalue weighted by Gasteiger charge is -2.04. The molecule has 1 N–H and O–H groups in total. The maximum absolute atomic E-state index is 10.5. The SMILES string of the molecule is Cc1cncc(NCc2csc([N+](=O)[O-])c2)c1. The smallest absolute Gasteiger partial charge is 0.324 e. The summed E-state index contributed by atoms with van der Waals surface area (Å²) in [5.74, 6) is 0. The second-order valence-electron chi connectivity index (χ2n) is 3.65. The fourth-order valence-corrected chi connectivity index (χ4v) is 2.14. The zero-order valence-corrected chi connectivity index (χ0v) is 10.0. The maximum atomic E-state index is 10.5. The Labute approximate surface area is 102 Å². The molecule has 0 aromatic carbocycles. The van der Waals surface area contributed by atoms with Gasteiger partial charge in [0, 0.05) is 30.4 Å². The highest BCUT2D eigenvalue weighted by Gasteiger charge is 2.09. The molecule has 0 aliphatic carbocycles. The number of hydrogen-bond donors (Lipinski definition) is 1. The first-order valence-electron chi connectivity index (χ1n) is 5.02. The van der Waals surface area contributed by atoms with Gasteiger partial charge in [-0.2, -0.15) is 0 Å². The summed E-state index contributed by atoms with van der Waals surface area (Å²) in [6.07, 6.45) is 3.51. The van der Waals surface area contributed by atoms with Crippen LogP contribution in [0, 0.1) is 17.0 Å². The highest BCUT2D eigenvalue weighted by molar-refractivity contribution is 7.13. The largest absolute Gasteiger partial charge is 0.380 e. The summed E-state index contributed by atoms with van der Waals surface area (Å²) in [5.41, 5.74) is 2.90. The van der Waals surface area contributed by atoms with E-state index in [4.69, 9.17) is 0 Å². The van der Waals surface area contributed by atoms with Gasteiger partial charge in [0.15, 0.2) is 0 Å². The topological polar surface area (TPSA) is 68.1 Å². The van der Waals surface area contributed by atoms with E-state index in [1.54, 1.807) is 23.8 Å². The molecule has 2 heterocycles. The zero-order valence-electron chi connectivity index (χ0n) is 9.21. The second kappa shape index (κ2) is 4.92. The third-order valence-electron chi connectivity index (χ3n) is 2.19. The normalized spacial score (nSPS) is 10.2. The minimum atomic E-state index is -0.373. The van der Waals surface area contributed by atoms with Crippen molar-refractivity contribution in [2.45, 2.75) is 13.5 Å². The number of aromatic nitrogens is 1. The molecule has 0 unspecified atom stereocenters. The van der Waals surface area contributed by atoms with Gasteiger partial charge in [-0.3, -0.25) is 15.1 Å². The summed E-state index contributed by atoms with van der Waals surface area (Å²) in [5, 5.41) is 15.7. The highest BCUT2D eigenvalue weighted by Crippen LogP contribution is 2.23. The Morgan fingerprint density at radius 3 is 2.94 bits per heavy atom. The summed E-state index contributed by atoms with van der Waals surface area (Å²) in [7, 11) is 0. The van der Waals surface area contributed by atoms with Crippen molar-refractivity contribution in [3.63, 3.8) is 0 Å². The average Bonchev–Trinajstić information content (AvgIpc) is 2.75. The fraction of sp³-hybridized carbons (Fsp3) is 0.182. The summed E-state index contributed by atoms with van der Waals surface area (Å²) >= 11 is 1.14. The fourth-order valence-electron chi connectivity index (χ4n) is 1.41. The van der Waals surface area contributed by atoms with Crippen LogP contribution in [0.25, 0.3) is 0 Å². The van der Waals surface area contributed by atoms with Crippen molar-refractivity contribution in [1.29, 1.82) is 0 Å². The molecule has 6 heteroatoms.